The van der Waals surface area contributed by atoms with E-state index in [-0.39, 0.29) is 42.2 Å². The summed E-state index contributed by atoms with van der Waals surface area (Å²) in [6.45, 7) is 1.77. The fourth-order valence-corrected chi connectivity index (χ4v) is 1.04. The van der Waals surface area contributed by atoms with E-state index in [1.165, 1.54) is 6.20 Å². The summed E-state index contributed by atoms with van der Waals surface area (Å²) >= 11 is 0. The first-order valence-corrected chi connectivity index (χ1v) is 5.03. The first kappa shape index (κ1) is 20.9. The van der Waals surface area contributed by atoms with Crippen molar-refractivity contribution in [2.45, 2.75) is 25.7 Å². The summed E-state index contributed by atoms with van der Waals surface area (Å²) in [6.07, 6.45) is -3.11. The SMILES string of the molecule is C[C@H](N)CC#Cc1cnc(N)c(OC(F)(F)F)c1.Cl.Cl. The van der Waals surface area contributed by atoms with E-state index >= 15 is 0 Å². The fraction of sp³-hybridized carbons (Fsp3) is 0.364. The summed E-state index contributed by atoms with van der Waals surface area (Å²) < 4.78 is 39.9. The summed E-state index contributed by atoms with van der Waals surface area (Å²) in [5.41, 5.74) is 11.0. The first-order valence-electron chi connectivity index (χ1n) is 5.03. The molecular formula is C11H14Cl2F3N3O. The molecule has 0 unspecified atom stereocenters. The number of nitrogens with two attached hydrogens (primary N) is 2. The highest BCUT2D eigenvalue weighted by molar-refractivity contribution is 5.85. The second-order valence-corrected chi connectivity index (χ2v) is 3.64. The molecule has 1 aromatic rings. The maximum atomic E-state index is 12.1. The average Bonchev–Trinajstić information content (AvgIpc) is 2.20. The van der Waals surface area contributed by atoms with E-state index in [0.29, 0.717) is 6.42 Å². The minimum atomic E-state index is -4.81. The molecule has 0 saturated carbocycles. The van der Waals surface area contributed by atoms with Crippen LogP contribution in [-0.4, -0.2) is 17.4 Å². The lowest BCUT2D eigenvalue weighted by molar-refractivity contribution is -0.274. The molecule has 0 aromatic carbocycles. The standard InChI is InChI=1S/C11H12F3N3O.2ClH/c1-7(15)3-2-4-8-5-9(10(16)17-6-8)18-11(12,13)14;;/h5-7H,3,15H2,1H3,(H2,16,17);2*1H/t7-;;/m0../s1. The van der Waals surface area contributed by atoms with Crippen LogP contribution in [-0.2, 0) is 0 Å². The molecule has 114 valence electrons. The number of hydrogen-bond acceptors (Lipinski definition) is 4. The lowest BCUT2D eigenvalue weighted by Gasteiger charge is -2.10. The van der Waals surface area contributed by atoms with Crippen molar-refractivity contribution in [1.82, 2.24) is 4.98 Å². The third kappa shape index (κ3) is 7.94. The van der Waals surface area contributed by atoms with Crippen LogP contribution in [0.2, 0.25) is 0 Å². The average molecular weight is 332 g/mol. The first-order chi connectivity index (χ1) is 8.28. The summed E-state index contributed by atoms with van der Waals surface area (Å²) in [5, 5.41) is 0. The molecule has 0 spiro atoms. The molecule has 1 atom stereocenters. The van der Waals surface area contributed by atoms with Crippen molar-refractivity contribution in [3.8, 4) is 17.6 Å². The van der Waals surface area contributed by atoms with Gasteiger partial charge in [-0.05, 0) is 6.92 Å². The van der Waals surface area contributed by atoms with E-state index in [2.05, 4.69) is 21.6 Å². The van der Waals surface area contributed by atoms with Crippen molar-refractivity contribution in [1.29, 1.82) is 0 Å². The van der Waals surface area contributed by atoms with Gasteiger partial charge in [0.1, 0.15) is 0 Å². The number of nitrogen functional groups attached to an aromatic ring is 1. The van der Waals surface area contributed by atoms with E-state index in [1.807, 2.05) is 0 Å². The zero-order chi connectivity index (χ0) is 13.8. The topological polar surface area (TPSA) is 74.2 Å². The van der Waals surface area contributed by atoms with Gasteiger partial charge >= 0.3 is 6.36 Å². The predicted molar refractivity (Wildman–Crippen MR) is 75.0 cm³/mol. The van der Waals surface area contributed by atoms with Crippen LogP contribution in [0.1, 0.15) is 18.9 Å². The van der Waals surface area contributed by atoms with Gasteiger partial charge in [0.15, 0.2) is 11.6 Å². The Balaban J connectivity index is 0. The van der Waals surface area contributed by atoms with Crippen molar-refractivity contribution in [2.24, 2.45) is 5.73 Å². The van der Waals surface area contributed by atoms with Gasteiger partial charge in [-0.3, -0.25) is 0 Å². The Labute approximate surface area is 126 Å². The molecule has 4 nitrogen and oxygen atoms in total. The quantitative estimate of drug-likeness (QED) is 0.816. The highest BCUT2D eigenvalue weighted by Gasteiger charge is 2.32. The van der Waals surface area contributed by atoms with Gasteiger partial charge in [-0.25, -0.2) is 4.98 Å². The highest BCUT2D eigenvalue weighted by Crippen LogP contribution is 2.27. The molecule has 1 heterocycles. The number of anilines is 1. The van der Waals surface area contributed by atoms with Gasteiger partial charge in [-0.2, -0.15) is 0 Å². The third-order valence-electron chi connectivity index (χ3n) is 1.76. The zero-order valence-corrected chi connectivity index (χ0v) is 12.0. The summed E-state index contributed by atoms with van der Waals surface area (Å²) in [4.78, 5) is 3.58. The molecule has 0 amide bonds. The monoisotopic (exact) mass is 331 g/mol. The molecule has 0 radical (unpaired) electrons. The van der Waals surface area contributed by atoms with Crippen LogP contribution in [0.4, 0.5) is 19.0 Å². The number of halogens is 5. The van der Waals surface area contributed by atoms with E-state index in [1.54, 1.807) is 6.92 Å². The van der Waals surface area contributed by atoms with Crippen LogP contribution in [0.15, 0.2) is 12.3 Å². The van der Waals surface area contributed by atoms with Crippen LogP contribution in [0.3, 0.4) is 0 Å². The minimum Gasteiger partial charge on any atom is -0.402 e. The van der Waals surface area contributed by atoms with Gasteiger partial charge in [0, 0.05) is 30.3 Å². The van der Waals surface area contributed by atoms with E-state index in [0.717, 1.165) is 6.07 Å². The Kier molecular flexibility index (Phi) is 9.15. The Hall–Kier alpha value is -1.36. The van der Waals surface area contributed by atoms with Gasteiger partial charge < -0.3 is 16.2 Å². The maximum Gasteiger partial charge on any atom is 0.573 e. The molecule has 0 fully saturated rings. The normalized spacial score (nSPS) is 11.2. The number of hydrogen-bond donors (Lipinski definition) is 2. The van der Waals surface area contributed by atoms with Crippen LogP contribution < -0.4 is 16.2 Å². The molecule has 0 aliphatic carbocycles. The number of alkyl halides is 3. The molecule has 1 aromatic heterocycles. The summed E-state index contributed by atoms with van der Waals surface area (Å²) in [5.74, 6) is 4.45. The van der Waals surface area contributed by atoms with E-state index in [9.17, 15) is 13.2 Å². The Bertz CT molecular complexity index is 484. The largest absolute Gasteiger partial charge is 0.573 e. The van der Waals surface area contributed by atoms with Gasteiger partial charge in [0.25, 0.3) is 0 Å². The Morgan fingerprint density at radius 1 is 1.40 bits per heavy atom. The molecule has 0 saturated heterocycles. The van der Waals surface area contributed by atoms with Crippen molar-refractivity contribution in [2.75, 3.05) is 5.73 Å². The second-order valence-electron chi connectivity index (χ2n) is 3.64. The fourth-order valence-electron chi connectivity index (χ4n) is 1.04. The third-order valence-corrected chi connectivity index (χ3v) is 1.76. The predicted octanol–water partition coefficient (Wildman–Crippen LogP) is 2.49. The van der Waals surface area contributed by atoms with E-state index in [4.69, 9.17) is 11.5 Å². The van der Waals surface area contributed by atoms with Crippen molar-refractivity contribution >= 4 is 30.6 Å². The number of aromatic nitrogens is 1. The van der Waals surface area contributed by atoms with Crippen LogP contribution in [0.25, 0.3) is 0 Å². The van der Waals surface area contributed by atoms with Gasteiger partial charge in [-0.15, -0.1) is 38.0 Å². The lowest BCUT2D eigenvalue weighted by Crippen LogP contribution is -2.18. The maximum absolute atomic E-state index is 12.1. The minimum absolute atomic E-state index is 0. The van der Waals surface area contributed by atoms with Crippen LogP contribution in [0, 0.1) is 11.8 Å². The number of ether oxygens (including phenoxy) is 1. The molecule has 9 heteroatoms. The molecule has 20 heavy (non-hydrogen) atoms. The number of rotatable bonds is 2. The van der Waals surface area contributed by atoms with Gasteiger partial charge in [0.05, 0.1) is 0 Å². The molecule has 0 aliphatic rings. The van der Waals surface area contributed by atoms with Crippen LogP contribution >= 0.6 is 24.8 Å². The Morgan fingerprint density at radius 2 is 2.00 bits per heavy atom. The summed E-state index contributed by atoms with van der Waals surface area (Å²) in [6, 6.07) is 0.981. The molecule has 1 rings (SSSR count). The van der Waals surface area contributed by atoms with Crippen molar-refractivity contribution in [3.05, 3.63) is 17.8 Å². The Morgan fingerprint density at radius 3 is 2.50 bits per heavy atom. The van der Waals surface area contributed by atoms with Gasteiger partial charge in [-0.1, -0.05) is 11.8 Å². The van der Waals surface area contributed by atoms with E-state index < -0.39 is 12.1 Å². The van der Waals surface area contributed by atoms with Crippen molar-refractivity contribution < 1.29 is 17.9 Å². The second kappa shape index (κ2) is 8.74. The number of pyridine rings is 1. The summed E-state index contributed by atoms with van der Waals surface area (Å²) in [7, 11) is 0. The molecular weight excluding hydrogens is 318 g/mol. The molecule has 0 bridgehead atoms. The number of nitrogens with zero attached hydrogens (tertiary/aromatic N) is 1. The highest BCUT2D eigenvalue weighted by atomic mass is 35.5. The van der Waals surface area contributed by atoms with Crippen LogP contribution in [0.5, 0.6) is 5.75 Å². The molecule has 4 N–H and O–H groups in total. The van der Waals surface area contributed by atoms with Crippen molar-refractivity contribution in [3.63, 3.8) is 0 Å². The molecule has 0 aliphatic heterocycles. The zero-order valence-electron chi connectivity index (χ0n) is 10.4. The van der Waals surface area contributed by atoms with Gasteiger partial charge in [0.2, 0.25) is 0 Å². The smallest absolute Gasteiger partial charge is 0.402 e. The lowest BCUT2D eigenvalue weighted by atomic mass is 10.2.